The van der Waals surface area contributed by atoms with Gasteiger partial charge in [0, 0.05) is 19.1 Å². The molecule has 1 rings (SSSR count). The second-order valence-electron chi connectivity index (χ2n) is 5.13. The minimum absolute atomic E-state index is 0.0265. The highest BCUT2D eigenvalue weighted by Crippen LogP contribution is 2.19. The van der Waals surface area contributed by atoms with Gasteiger partial charge in [-0.2, -0.15) is 4.31 Å². The van der Waals surface area contributed by atoms with E-state index in [2.05, 4.69) is 5.32 Å². The van der Waals surface area contributed by atoms with Crippen LogP contribution in [-0.2, 0) is 16.6 Å². The predicted octanol–water partition coefficient (Wildman–Crippen LogP) is 2.61. The van der Waals surface area contributed by atoms with Crippen molar-refractivity contribution < 1.29 is 8.42 Å². The van der Waals surface area contributed by atoms with Gasteiger partial charge in [-0.1, -0.05) is 26.0 Å². The Labute approximate surface area is 123 Å². The highest BCUT2D eigenvalue weighted by atomic mass is 32.2. The molecule has 20 heavy (non-hydrogen) atoms. The van der Waals surface area contributed by atoms with Crippen LogP contribution in [0, 0.1) is 0 Å². The van der Waals surface area contributed by atoms with Gasteiger partial charge in [0.1, 0.15) is 0 Å². The fourth-order valence-electron chi connectivity index (χ4n) is 2.06. The van der Waals surface area contributed by atoms with Crippen molar-refractivity contribution in [1.82, 2.24) is 9.62 Å². The summed E-state index contributed by atoms with van der Waals surface area (Å²) in [5.41, 5.74) is 1.09. The first-order valence-corrected chi connectivity index (χ1v) is 8.69. The van der Waals surface area contributed by atoms with Crippen LogP contribution in [0.3, 0.4) is 0 Å². The summed E-state index contributed by atoms with van der Waals surface area (Å²) < 4.78 is 26.8. The Hall–Kier alpha value is -0.910. The van der Waals surface area contributed by atoms with Gasteiger partial charge < -0.3 is 5.32 Å². The number of nitrogens with one attached hydrogen (secondary N) is 1. The Bertz CT molecular complexity index is 495. The average molecular weight is 298 g/mol. The van der Waals surface area contributed by atoms with Crippen molar-refractivity contribution in [3.63, 3.8) is 0 Å². The summed E-state index contributed by atoms with van der Waals surface area (Å²) in [5, 5.41) is 3.22. The monoisotopic (exact) mass is 298 g/mol. The Morgan fingerprint density at radius 1 is 1.15 bits per heavy atom. The van der Waals surface area contributed by atoms with E-state index in [1.54, 1.807) is 16.4 Å². The fraction of sp³-hybridized carbons (Fsp3) is 0.600. The van der Waals surface area contributed by atoms with E-state index in [9.17, 15) is 8.42 Å². The van der Waals surface area contributed by atoms with Crippen LogP contribution in [0.25, 0.3) is 0 Å². The first-order chi connectivity index (χ1) is 9.43. The molecule has 0 amide bonds. The van der Waals surface area contributed by atoms with Gasteiger partial charge in [0.15, 0.2) is 0 Å². The molecule has 0 aliphatic rings. The molecule has 5 heteroatoms. The summed E-state index contributed by atoms with van der Waals surface area (Å²) in [6.45, 7) is 10.1. The maximum absolute atomic E-state index is 12.6. The van der Waals surface area contributed by atoms with Crippen molar-refractivity contribution in [2.75, 3.05) is 13.1 Å². The zero-order chi connectivity index (χ0) is 15.2. The third kappa shape index (κ3) is 4.30. The molecule has 0 saturated heterocycles. The molecule has 4 nitrogen and oxygen atoms in total. The van der Waals surface area contributed by atoms with Gasteiger partial charge in [0.2, 0.25) is 10.0 Å². The predicted molar refractivity (Wildman–Crippen MR) is 83.1 cm³/mol. The Balaban J connectivity index is 2.96. The Kier molecular flexibility index (Phi) is 6.65. The average Bonchev–Trinajstić information content (AvgIpc) is 2.42. The maximum Gasteiger partial charge on any atom is 0.243 e. The van der Waals surface area contributed by atoms with Crippen LogP contribution in [0.2, 0.25) is 0 Å². The molecule has 0 bridgehead atoms. The van der Waals surface area contributed by atoms with Crippen LogP contribution in [0.15, 0.2) is 29.2 Å². The van der Waals surface area contributed by atoms with E-state index in [0.29, 0.717) is 11.4 Å². The zero-order valence-corrected chi connectivity index (χ0v) is 13.7. The molecule has 0 heterocycles. The van der Waals surface area contributed by atoms with E-state index in [1.165, 1.54) is 0 Å². The molecular weight excluding hydrogens is 272 g/mol. The lowest BCUT2D eigenvalue weighted by Crippen LogP contribution is -2.37. The summed E-state index contributed by atoms with van der Waals surface area (Å²) in [7, 11) is -3.39. The van der Waals surface area contributed by atoms with Gasteiger partial charge in [-0.25, -0.2) is 8.42 Å². The van der Waals surface area contributed by atoms with Crippen LogP contribution < -0.4 is 5.32 Å². The zero-order valence-electron chi connectivity index (χ0n) is 12.9. The molecule has 0 saturated carbocycles. The normalized spacial score (nSPS) is 12.3. The van der Waals surface area contributed by atoms with E-state index >= 15 is 0 Å². The Morgan fingerprint density at radius 2 is 1.75 bits per heavy atom. The second kappa shape index (κ2) is 7.76. The molecule has 114 valence electrons. The van der Waals surface area contributed by atoms with Crippen molar-refractivity contribution in [3.05, 3.63) is 29.8 Å². The van der Waals surface area contributed by atoms with E-state index in [-0.39, 0.29) is 6.04 Å². The topological polar surface area (TPSA) is 49.4 Å². The van der Waals surface area contributed by atoms with Crippen molar-refractivity contribution in [3.8, 4) is 0 Å². The molecular formula is C15H26N2O2S. The van der Waals surface area contributed by atoms with E-state index < -0.39 is 10.0 Å². The van der Waals surface area contributed by atoms with Crippen molar-refractivity contribution in [2.45, 2.75) is 51.6 Å². The number of sulfonamides is 1. The van der Waals surface area contributed by atoms with Gasteiger partial charge in [0.25, 0.3) is 0 Å². The molecule has 0 unspecified atom stereocenters. The second-order valence-corrected chi connectivity index (χ2v) is 7.02. The fourth-order valence-corrected chi connectivity index (χ4v) is 3.79. The van der Waals surface area contributed by atoms with E-state index in [1.807, 2.05) is 39.8 Å². The van der Waals surface area contributed by atoms with Gasteiger partial charge in [-0.15, -0.1) is 0 Å². The smallest absolute Gasteiger partial charge is 0.243 e. The van der Waals surface area contributed by atoms with E-state index in [0.717, 1.165) is 25.1 Å². The molecule has 0 fully saturated rings. The maximum atomic E-state index is 12.6. The summed E-state index contributed by atoms with van der Waals surface area (Å²) in [4.78, 5) is 0.375. The number of benzene rings is 1. The van der Waals surface area contributed by atoms with E-state index in [4.69, 9.17) is 0 Å². The van der Waals surface area contributed by atoms with Crippen molar-refractivity contribution >= 4 is 10.0 Å². The van der Waals surface area contributed by atoms with Gasteiger partial charge >= 0.3 is 0 Å². The van der Waals surface area contributed by atoms with Gasteiger partial charge in [0.05, 0.1) is 4.90 Å². The highest BCUT2D eigenvalue weighted by Gasteiger charge is 2.25. The molecule has 1 aromatic rings. The van der Waals surface area contributed by atoms with Crippen molar-refractivity contribution in [2.24, 2.45) is 0 Å². The standard InChI is InChI=1S/C15H26N2O2S/c1-5-11-17(13(3)4)20(18,19)15-9-7-14(8-10-15)12-16-6-2/h7-10,13,16H,5-6,11-12H2,1-4H3. The van der Waals surface area contributed by atoms with Crippen molar-refractivity contribution in [1.29, 1.82) is 0 Å². The van der Waals surface area contributed by atoms with Gasteiger partial charge in [-0.3, -0.25) is 0 Å². The van der Waals surface area contributed by atoms with Crippen LogP contribution in [0.4, 0.5) is 0 Å². The largest absolute Gasteiger partial charge is 0.313 e. The minimum atomic E-state index is -3.39. The number of rotatable bonds is 8. The summed E-state index contributed by atoms with van der Waals surface area (Å²) in [6, 6.07) is 7.13. The summed E-state index contributed by atoms with van der Waals surface area (Å²) in [5.74, 6) is 0. The van der Waals surface area contributed by atoms with Crippen LogP contribution >= 0.6 is 0 Å². The first-order valence-electron chi connectivity index (χ1n) is 7.25. The van der Waals surface area contributed by atoms with Gasteiger partial charge in [-0.05, 0) is 44.5 Å². The van der Waals surface area contributed by atoms with Crippen LogP contribution in [-0.4, -0.2) is 31.9 Å². The summed E-state index contributed by atoms with van der Waals surface area (Å²) >= 11 is 0. The highest BCUT2D eigenvalue weighted by molar-refractivity contribution is 7.89. The van der Waals surface area contributed by atoms with Crippen LogP contribution in [0.1, 0.15) is 39.7 Å². The molecule has 0 aromatic heterocycles. The molecule has 0 aliphatic heterocycles. The molecule has 0 spiro atoms. The lowest BCUT2D eigenvalue weighted by molar-refractivity contribution is 0.354. The Morgan fingerprint density at radius 3 is 2.20 bits per heavy atom. The summed E-state index contributed by atoms with van der Waals surface area (Å²) in [6.07, 6.45) is 0.815. The number of nitrogens with zero attached hydrogens (tertiary/aromatic N) is 1. The lowest BCUT2D eigenvalue weighted by atomic mass is 10.2. The van der Waals surface area contributed by atoms with Crippen LogP contribution in [0.5, 0.6) is 0 Å². The third-order valence-corrected chi connectivity index (χ3v) is 5.22. The molecule has 0 aliphatic carbocycles. The quantitative estimate of drug-likeness (QED) is 0.802. The molecule has 0 atom stereocenters. The minimum Gasteiger partial charge on any atom is -0.313 e. The number of hydrogen-bond acceptors (Lipinski definition) is 3. The lowest BCUT2D eigenvalue weighted by Gasteiger charge is -2.25. The molecule has 0 radical (unpaired) electrons. The molecule has 1 N–H and O–H groups in total. The third-order valence-electron chi connectivity index (χ3n) is 3.13. The number of hydrogen-bond donors (Lipinski definition) is 1. The SMILES string of the molecule is CCCN(C(C)C)S(=O)(=O)c1ccc(CNCC)cc1. The first kappa shape index (κ1) is 17.1. The molecule has 1 aromatic carbocycles.